The second kappa shape index (κ2) is 7.87. The molecule has 0 aliphatic rings. The molecule has 0 saturated carbocycles. The van der Waals surface area contributed by atoms with Crippen LogP contribution >= 0.6 is 43.2 Å². The van der Waals surface area contributed by atoms with E-state index in [1.165, 1.54) is 0 Å². The van der Waals surface area contributed by atoms with Gasteiger partial charge < -0.3 is 0 Å². The molecular formula is C14H20Br2N4S. The van der Waals surface area contributed by atoms with E-state index in [1.807, 2.05) is 0 Å². The Kier molecular flexibility index (Phi) is 6.43. The maximum Gasteiger partial charge on any atom is 0.0758 e. The molecule has 21 heavy (non-hydrogen) atoms. The minimum atomic E-state index is 0.0481. The summed E-state index contributed by atoms with van der Waals surface area (Å²) in [6.07, 6.45) is 5.03. The summed E-state index contributed by atoms with van der Waals surface area (Å²) in [6, 6.07) is 4.70. The predicted octanol–water partition coefficient (Wildman–Crippen LogP) is 4.58. The van der Waals surface area contributed by atoms with Crippen LogP contribution in [0.5, 0.6) is 0 Å². The highest BCUT2D eigenvalue weighted by atomic mass is 79.9. The molecule has 4 nitrogen and oxygen atoms in total. The molecule has 2 rings (SSSR count). The largest absolute Gasteiger partial charge is 0.271 e. The highest BCUT2D eigenvalue weighted by molar-refractivity contribution is 9.12. The average Bonchev–Trinajstić information content (AvgIpc) is 3.04. The Hall–Kier alpha value is -0.210. The highest BCUT2D eigenvalue weighted by Gasteiger charge is 2.18. The summed E-state index contributed by atoms with van der Waals surface area (Å²) in [5, 5.41) is 4.70. The Bertz CT molecular complexity index is 577. The van der Waals surface area contributed by atoms with E-state index >= 15 is 0 Å². The maximum absolute atomic E-state index is 5.73. The normalized spacial score (nSPS) is 13.0. The van der Waals surface area contributed by atoms with Crippen LogP contribution in [-0.2, 0) is 6.42 Å². The minimum absolute atomic E-state index is 0.0481. The molecule has 0 amide bonds. The van der Waals surface area contributed by atoms with E-state index in [-0.39, 0.29) is 6.04 Å². The molecule has 2 heterocycles. The van der Waals surface area contributed by atoms with Gasteiger partial charge in [-0.05, 0) is 62.4 Å². The van der Waals surface area contributed by atoms with E-state index in [0.717, 1.165) is 38.1 Å². The molecule has 0 saturated heterocycles. The van der Waals surface area contributed by atoms with Crippen LogP contribution in [0.1, 0.15) is 50.0 Å². The summed E-state index contributed by atoms with van der Waals surface area (Å²) in [6.45, 7) is 4.39. The molecule has 0 bridgehead atoms. The van der Waals surface area contributed by atoms with Crippen molar-refractivity contribution in [1.29, 1.82) is 0 Å². The highest BCUT2D eigenvalue weighted by Crippen LogP contribution is 2.36. The van der Waals surface area contributed by atoms with Gasteiger partial charge in [0.1, 0.15) is 0 Å². The van der Waals surface area contributed by atoms with E-state index in [1.54, 1.807) is 11.3 Å². The second-order valence-corrected chi connectivity index (χ2v) is 8.71. The van der Waals surface area contributed by atoms with Crippen LogP contribution in [-0.4, -0.2) is 9.78 Å². The molecule has 0 aromatic carbocycles. The number of aromatic nitrogens is 2. The Morgan fingerprint density at radius 3 is 2.62 bits per heavy atom. The zero-order valence-corrected chi connectivity index (χ0v) is 16.1. The van der Waals surface area contributed by atoms with Crippen molar-refractivity contribution in [2.45, 2.75) is 45.2 Å². The fourth-order valence-corrected chi connectivity index (χ4v) is 5.38. The zero-order valence-electron chi connectivity index (χ0n) is 12.1. The number of halogens is 2. The maximum atomic E-state index is 5.73. The lowest BCUT2D eigenvalue weighted by Crippen LogP contribution is -2.29. The quantitative estimate of drug-likeness (QED) is 0.494. The van der Waals surface area contributed by atoms with Crippen LogP contribution in [0.25, 0.3) is 0 Å². The van der Waals surface area contributed by atoms with Gasteiger partial charge in [-0.15, -0.1) is 11.3 Å². The lowest BCUT2D eigenvalue weighted by molar-refractivity contribution is 0.422. The van der Waals surface area contributed by atoms with Crippen LogP contribution in [0.4, 0.5) is 0 Å². The van der Waals surface area contributed by atoms with E-state index in [4.69, 9.17) is 10.9 Å². The number of hydrogen-bond acceptors (Lipinski definition) is 4. The van der Waals surface area contributed by atoms with Gasteiger partial charge in [0, 0.05) is 12.6 Å². The molecule has 0 radical (unpaired) electrons. The monoisotopic (exact) mass is 434 g/mol. The lowest BCUT2D eigenvalue weighted by Gasteiger charge is -2.15. The van der Waals surface area contributed by atoms with E-state index < -0.39 is 0 Å². The van der Waals surface area contributed by atoms with E-state index in [2.05, 4.69) is 74.1 Å². The van der Waals surface area contributed by atoms with Crippen molar-refractivity contribution in [2.24, 2.45) is 5.84 Å². The van der Waals surface area contributed by atoms with Crippen LogP contribution in [0.2, 0.25) is 0 Å². The summed E-state index contributed by atoms with van der Waals surface area (Å²) in [5.74, 6) is 5.73. The number of nitrogens with two attached hydrogens (primary N) is 1. The Morgan fingerprint density at radius 1 is 1.38 bits per heavy atom. The van der Waals surface area contributed by atoms with Gasteiger partial charge in [-0.2, -0.15) is 5.10 Å². The molecule has 116 valence electrons. The summed E-state index contributed by atoms with van der Waals surface area (Å²) in [4.78, 5) is 0. The number of nitrogens with one attached hydrogen (secondary N) is 1. The van der Waals surface area contributed by atoms with E-state index in [9.17, 15) is 0 Å². The Balaban J connectivity index is 2.14. The van der Waals surface area contributed by atoms with Gasteiger partial charge in [-0.3, -0.25) is 16.0 Å². The summed E-state index contributed by atoms with van der Waals surface area (Å²) in [5.41, 5.74) is 5.11. The van der Waals surface area contributed by atoms with Crippen molar-refractivity contribution in [3.05, 3.63) is 37.2 Å². The molecule has 1 atom stereocenters. The molecule has 3 N–H and O–H groups in total. The summed E-state index contributed by atoms with van der Waals surface area (Å²) in [7, 11) is 0. The van der Waals surface area contributed by atoms with Gasteiger partial charge in [0.2, 0.25) is 0 Å². The molecule has 2 aromatic heterocycles. The van der Waals surface area contributed by atoms with Gasteiger partial charge in [0.15, 0.2) is 0 Å². The van der Waals surface area contributed by atoms with Crippen LogP contribution < -0.4 is 11.3 Å². The summed E-state index contributed by atoms with van der Waals surface area (Å²) < 4.78 is 4.26. The molecule has 7 heteroatoms. The lowest BCUT2D eigenvalue weighted by atomic mass is 10.1. The molecule has 0 fully saturated rings. The fraction of sp³-hybridized carbons (Fsp3) is 0.500. The van der Waals surface area contributed by atoms with Crippen molar-refractivity contribution in [1.82, 2.24) is 15.2 Å². The predicted molar refractivity (Wildman–Crippen MR) is 95.3 cm³/mol. The minimum Gasteiger partial charge on any atom is -0.271 e. The first-order valence-corrected chi connectivity index (χ1v) is 9.44. The second-order valence-electron chi connectivity index (χ2n) is 4.96. The molecule has 0 spiro atoms. The first kappa shape index (κ1) is 17.1. The SMILES string of the molecule is CCC(CC)n1ccc(CC(NN)c2cc(Br)sc2Br)n1. The molecule has 0 aliphatic heterocycles. The Labute approximate surface area is 146 Å². The first-order valence-electron chi connectivity index (χ1n) is 7.03. The number of hydrazine groups is 1. The molecule has 1 unspecified atom stereocenters. The van der Waals surface area contributed by atoms with Crippen molar-refractivity contribution in [3.8, 4) is 0 Å². The van der Waals surface area contributed by atoms with E-state index in [0.29, 0.717) is 6.04 Å². The van der Waals surface area contributed by atoms with Crippen LogP contribution in [0.3, 0.4) is 0 Å². The third kappa shape index (κ3) is 4.16. The number of hydrogen-bond donors (Lipinski definition) is 2. The number of rotatable bonds is 7. The van der Waals surface area contributed by atoms with Crippen molar-refractivity contribution in [3.63, 3.8) is 0 Å². The molecule has 2 aromatic rings. The van der Waals surface area contributed by atoms with Gasteiger partial charge in [-0.25, -0.2) is 0 Å². The standard InChI is InChI=1S/C14H20Br2N4S/c1-3-10(4-2)20-6-5-9(19-20)7-12(18-17)11-8-13(15)21-14(11)16/h5-6,8,10,12,18H,3-4,7,17H2,1-2H3. The third-order valence-corrected chi connectivity index (χ3v) is 6.04. The fourth-order valence-electron chi connectivity index (χ4n) is 2.41. The van der Waals surface area contributed by atoms with Gasteiger partial charge >= 0.3 is 0 Å². The zero-order chi connectivity index (χ0) is 15.4. The van der Waals surface area contributed by atoms with Gasteiger partial charge in [-0.1, -0.05) is 13.8 Å². The van der Waals surface area contributed by atoms with Crippen molar-refractivity contribution in [2.75, 3.05) is 0 Å². The number of thiophene rings is 1. The smallest absolute Gasteiger partial charge is 0.0758 e. The van der Waals surface area contributed by atoms with Crippen LogP contribution in [0, 0.1) is 0 Å². The van der Waals surface area contributed by atoms with Crippen molar-refractivity contribution < 1.29 is 0 Å². The van der Waals surface area contributed by atoms with Crippen LogP contribution in [0.15, 0.2) is 25.9 Å². The van der Waals surface area contributed by atoms with Crippen molar-refractivity contribution >= 4 is 43.2 Å². The first-order chi connectivity index (χ1) is 10.1. The van der Waals surface area contributed by atoms with Gasteiger partial charge in [0.25, 0.3) is 0 Å². The third-order valence-electron chi connectivity index (χ3n) is 3.65. The molecule has 0 aliphatic carbocycles. The topological polar surface area (TPSA) is 55.9 Å². The average molecular weight is 436 g/mol. The summed E-state index contributed by atoms with van der Waals surface area (Å²) >= 11 is 8.75. The Morgan fingerprint density at radius 2 is 2.10 bits per heavy atom. The molecular weight excluding hydrogens is 416 g/mol. The van der Waals surface area contributed by atoms with Gasteiger partial charge in [0.05, 0.1) is 25.4 Å². The number of nitrogens with zero attached hydrogens (tertiary/aromatic N) is 2.